The molecule has 0 bridgehead atoms. The zero-order valence-electron chi connectivity index (χ0n) is 18.2. The average molecular weight is 479 g/mol. The standard InChI is InChI=1S/C23H24ClFN2O6/c1-30-7-9-32-18-11-16-20(19(25)22(18)33-10-8-31-2)26-13-17(21(16)28)23(29)27-12-14-3-5-15(24)6-4-14/h3-6,11,13H,7-10,12H2,1-2H3,(H,26,28)(H,27,29). The van der Waals surface area contributed by atoms with E-state index in [1.807, 2.05) is 0 Å². The molecule has 33 heavy (non-hydrogen) atoms. The van der Waals surface area contributed by atoms with Gasteiger partial charge in [-0.25, -0.2) is 4.39 Å². The number of hydrogen-bond acceptors (Lipinski definition) is 7. The number of aromatic nitrogens is 1. The number of methoxy groups -OCH3 is 2. The quantitative estimate of drug-likeness (QED) is 0.405. The van der Waals surface area contributed by atoms with Crippen molar-refractivity contribution < 1.29 is 33.2 Å². The Morgan fingerprint density at radius 3 is 2.42 bits per heavy atom. The summed E-state index contributed by atoms with van der Waals surface area (Å²) in [7, 11) is 3.00. The van der Waals surface area contributed by atoms with Gasteiger partial charge in [0.1, 0.15) is 30.0 Å². The van der Waals surface area contributed by atoms with Crippen LogP contribution in [0.15, 0.2) is 36.5 Å². The first-order valence-corrected chi connectivity index (χ1v) is 10.4. The zero-order chi connectivity index (χ0) is 23.8. The lowest BCUT2D eigenvalue weighted by atomic mass is 10.1. The second kappa shape index (κ2) is 11.6. The van der Waals surface area contributed by atoms with Crippen LogP contribution in [-0.4, -0.2) is 56.6 Å². The molecule has 0 unspecified atom stereocenters. The van der Waals surface area contributed by atoms with Gasteiger partial charge >= 0.3 is 0 Å². The molecule has 8 nitrogen and oxygen atoms in total. The maximum Gasteiger partial charge on any atom is 0.256 e. The molecule has 0 saturated carbocycles. The Morgan fingerprint density at radius 1 is 1.09 bits per heavy atom. The number of amides is 1. The molecule has 0 aliphatic carbocycles. The lowest BCUT2D eigenvalue weighted by Crippen LogP contribution is -2.23. The number of nitrogens with zero attached hydrogens (tertiary/aromatic N) is 1. The first kappa shape index (κ1) is 24.5. The SMILES string of the molecule is COCCOc1cc2c(O)c(C(=O)NCc3ccc(Cl)cc3)cnc2c(F)c1OCCOC. The number of nitrogens with one attached hydrogen (secondary N) is 1. The Kier molecular flexibility index (Phi) is 8.65. The Hall–Kier alpha value is -3.14. The minimum absolute atomic E-state index is 0.0122. The van der Waals surface area contributed by atoms with Crippen LogP contribution in [0.2, 0.25) is 5.02 Å². The highest BCUT2D eigenvalue weighted by Crippen LogP contribution is 2.39. The van der Waals surface area contributed by atoms with Gasteiger partial charge in [0, 0.05) is 37.4 Å². The van der Waals surface area contributed by atoms with E-state index in [-0.39, 0.29) is 60.9 Å². The number of carbonyl (C=O) groups is 1. The molecule has 0 saturated heterocycles. The molecule has 1 aromatic heterocycles. The van der Waals surface area contributed by atoms with E-state index in [2.05, 4.69) is 10.3 Å². The maximum absolute atomic E-state index is 15.2. The molecule has 3 aromatic rings. The molecule has 0 spiro atoms. The van der Waals surface area contributed by atoms with Crippen LogP contribution in [0.4, 0.5) is 4.39 Å². The average Bonchev–Trinajstić information content (AvgIpc) is 2.81. The molecule has 176 valence electrons. The normalized spacial score (nSPS) is 10.9. The first-order valence-electron chi connectivity index (χ1n) is 10.1. The van der Waals surface area contributed by atoms with Crippen molar-refractivity contribution in [3.63, 3.8) is 0 Å². The fourth-order valence-electron chi connectivity index (χ4n) is 2.99. The number of hydrogen-bond donors (Lipinski definition) is 2. The van der Waals surface area contributed by atoms with E-state index in [1.165, 1.54) is 20.3 Å². The van der Waals surface area contributed by atoms with Crippen molar-refractivity contribution in [2.24, 2.45) is 0 Å². The fraction of sp³-hybridized carbons (Fsp3) is 0.304. The molecule has 1 amide bonds. The first-order chi connectivity index (χ1) is 16.0. The summed E-state index contributed by atoms with van der Waals surface area (Å²) < 4.78 is 36.2. The minimum Gasteiger partial charge on any atom is -0.506 e. The Labute approximate surface area is 195 Å². The largest absolute Gasteiger partial charge is 0.506 e. The highest BCUT2D eigenvalue weighted by molar-refractivity contribution is 6.30. The topological polar surface area (TPSA) is 99.1 Å². The monoisotopic (exact) mass is 478 g/mol. The van der Waals surface area contributed by atoms with Crippen molar-refractivity contribution in [1.29, 1.82) is 0 Å². The molecule has 0 fully saturated rings. The number of ether oxygens (including phenoxy) is 4. The summed E-state index contributed by atoms with van der Waals surface area (Å²) in [5, 5.41) is 14.0. The third-order valence-electron chi connectivity index (χ3n) is 4.68. The maximum atomic E-state index is 15.2. The summed E-state index contributed by atoms with van der Waals surface area (Å²) in [5.41, 5.74) is 0.554. The fourth-order valence-corrected chi connectivity index (χ4v) is 3.12. The molecule has 0 radical (unpaired) electrons. The van der Waals surface area contributed by atoms with E-state index in [1.54, 1.807) is 24.3 Å². The summed E-state index contributed by atoms with van der Waals surface area (Å²) >= 11 is 5.87. The summed E-state index contributed by atoms with van der Waals surface area (Å²) in [4.78, 5) is 16.7. The molecule has 10 heteroatoms. The van der Waals surface area contributed by atoms with Gasteiger partial charge in [-0.15, -0.1) is 0 Å². The molecular formula is C23H24ClFN2O6. The van der Waals surface area contributed by atoms with Crippen molar-refractivity contribution in [3.8, 4) is 17.2 Å². The van der Waals surface area contributed by atoms with E-state index in [0.717, 1.165) is 11.8 Å². The molecular weight excluding hydrogens is 455 g/mol. The van der Waals surface area contributed by atoms with Crippen molar-refractivity contribution in [2.45, 2.75) is 6.54 Å². The van der Waals surface area contributed by atoms with Gasteiger partial charge in [-0.2, -0.15) is 0 Å². The molecule has 2 aromatic carbocycles. The summed E-state index contributed by atoms with van der Waals surface area (Å²) in [6, 6.07) is 8.33. The van der Waals surface area contributed by atoms with Crippen molar-refractivity contribution in [2.75, 3.05) is 40.6 Å². The molecule has 0 aliphatic rings. The van der Waals surface area contributed by atoms with Crippen LogP contribution >= 0.6 is 11.6 Å². The Bertz CT molecular complexity index is 1110. The van der Waals surface area contributed by atoms with Gasteiger partial charge in [0.25, 0.3) is 5.91 Å². The predicted octanol–water partition coefficient (Wildman–Crippen LogP) is 3.71. The summed E-state index contributed by atoms with van der Waals surface area (Å²) in [5.74, 6) is -1.93. The molecule has 3 rings (SSSR count). The summed E-state index contributed by atoms with van der Waals surface area (Å²) in [6.07, 6.45) is 1.11. The van der Waals surface area contributed by atoms with Crippen LogP contribution in [0.25, 0.3) is 10.9 Å². The van der Waals surface area contributed by atoms with E-state index >= 15 is 4.39 Å². The number of halogens is 2. The number of pyridine rings is 1. The third kappa shape index (κ3) is 6.01. The van der Waals surface area contributed by atoms with Crippen LogP contribution in [-0.2, 0) is 16.0 Å². The minimum atomic E-state index is -0.820. The molecule has 2 N–H and O–H groups in total. The van der Waals surface area contributed by atoms with Crippen LogP contribution in [0.5, 0.6) is 17.2 Å². The number of aromatic hydroxyl groups is 1. The van der Waals surface area contributed by atoms with Crippen molar-refractivity contribution in [3.05, 3.63) is 58.5 Å². The van der Waals surface area contributed by atoms with Crippen molar-refractivity contribution >= 4 is 28.4 Å². The molecule has 0 atom stereocenters. The highest BCUT2D eigenvalue weighted by Gasteiger charge is 2.23. The lowest BCUT2D eigenvalue weighted by molar-refractivity contribution is 0.0948. The van der Waals surface area contributed by atoms with Gasteiger partial charge in [-0.3, -0.25) is 9.78 Å². The van der Waals surface area contributed by atoms with Gasteiger partial charge in [-0.05, 0) is 23.8 Å². The number of fused-ring (bicyclic) bond motifs is 1. The lowest BCUT2D eigenvalue weighted by Gasteiger charge is -2.16. The molecule has 0 aliphatic heterocycles. The summed E-state index contributed by atoms with van der Waals surface area (Å²) in [6.45, 7) is 0.905. The van der Waals surface area contributed by atoms with E-state index < -0.39 is 17.5 Å². The second-order valence-electron chi connectivity index (χ2n) is 6.93. The van der Waals surface area contributed by atoms with Gasteiger partial charge in [0.2, 0.25) is 0 Å². The van der Waals surface area contributed by atoms with Crippen molar-refractivity contribution in [1.82, 2.24) is 10.3 Å². The van der Waals surface area contributed by atoms with Gasteiger partial charge in [0.15, 0.2) is 17.3 Å². The second-order valence-corrected chi connectivity index (χ2v) is 7.36. The Balaban J connectivity index is 1.91. The van der Waals surface area contributed by atoms with E-state index in [4.69, 9.17) is 30.5 Å². The third-order valence-corrected chi connectivity index (χ3v) is 4.94. The smallest absolute Gasteiger partial charge is 0.256 e. The van der Waals surface area contributed by atoms with Gasteiger partial charge < -0.3 is 29.4 Å². The number of rotatable bonds is 11. The van der Waals surface area contributed by atoms with Gasteiger partial charge in [0.05, 0.1) is 13.2 Å². The van der Waals surface area contributed by atoms with Crippen LogP contribution in [0.3, 0.4) is 0 Å². The van der Waals surface area contributed by atoms with Crippen LogP contribution in [0.1, 0.15) is 15.9 Å². The number of carbonyl (C=O) groups excluding carboxylic acids is 1. The predicted molar refractivity (Wildman–Crippen MR) is 121 cm³/mol. The van der Waals surface area contributed by atoms with Crippen LogP contribution < -0.4 is 14.8 Å². The molecule has 1 heterocycles. The van der Waals surface area contributed by atoms with Crippen LogP contribution in [0, 0.1) is 5.82 Å². The van der Waals surface area contributed by atoms with E-state index in [9.17, 15) is 9.90 Å². The highest BCUT2D eigenvalue weighted by atomic mass is 35.5. The Morgan fingerprint density at radius 2 is 1.76 bits per heavy atom. The van der Waals surface area contributed by atoms with Gasteiger partial charge in [-0.1, -0.05) is 23.7 Å². The zero-order valence-corrected chi connectivity index (χ0v) is 18.9. The van der Waals surface area contributed by atoms with E-state index in [0.29, 0.717) is 5.02 Å². The number of benzene rings is 2.